The van der Waals surface area contributed by atoms with Crippen LogP contribution in [0.5, 0.6) is 0 Å². The maximum absolute atomic E-state index is 12.7. The van der Waals surface area contributed by atoms with E-state index in [-0.39, 0.29) is 29.7 Å². The summed E-state index contributed by atoms with van der Waals surface area (Å²) >= 11 is 0. The lowest BCUT2D eigenvalue weighted by atomic mass is 9.73. The Bertz CT molecular complexity index is 701. The zero-order valence-corrected chi connectivity index (χ0v) is 15.7. The molecule has 3 amide bonds. The van der Waals surface area contributed by atoms with Gasteiger partial charge in [-0.1, -0.05) is 19.3 Å². The van der Waals surface area contributed by atoms with Gasteiger partial charge in [0.05, 0.1) is 12.8 Å². The Balaban J connectivity index is 1.28. The van der Waals surface area contributed by atoms with Gasteiger partial charge >= 0.3 is 0 Å². The van der Waals surface area contributed by atoms with Crippen LogP contribution >= 0.6 is 0 Å². The molecule has 2 saturated heterocycles. The second kappa shape index (κ2) is 7.37. The highest BCUT2D eigenvalue weighted by molar-refractivity contribution is 5.92. The van der Waals surface area contributed by atoms with Crippen LogP contribution < -0.4 is 0 Å². The van der Waals surface area contributed by atoms with Crippen LogP contribution in [0.4, 0.5) is 0 Å². The van der Waals surface area contributed by atoms with Crippen molar-refractivity contribution < 1.29 is 18.8 Å². The smallest absolute Gasteiger partial charge is 0.289 e. The van der Waals surface area contributed by atoms with Crippen LogP contribution in [0.1, 0.15) is 49.1 Å². The molecule has 27 heavy (non-hydrogen) atoms. The molecule has 0 radical (unpaired) electrons. The topological polar surface area (TPSA) is 74.1 Å². The summed E-state index contributed by atoms with van der Waals surface area (Å²) < 4.78 is 5.16. The number of nitrogens with zero attached hydrogens (tertiary/aromatic N) is 3. The fourth-order valence-corrected chi connectivity index (χ4v) is 4.74. The van der Waals surface area contributed by atoms with Gasteiger partial charge < -0.3 is 19.1 Å². The zero-order chi connectivity index (χ0) is 18.9. The van der Waals surface area contributed by atoms with E-state index in [2.05, 4.69) is 0 Å². The van der Waals surface area contributed by atoms with E-state index in [0.717, 1.165) is 19.4 Å². The number of likely N-dealkylation sites (tertiary alicyclic amines) is 1. The van der Waals surface area contributed by atoms with Crippen LogP contribution in [0.25, 0.3) is 0 Å². The summed E-state index contributed by atoms with van der Waals surface area (Å²) in [7, 11) is 0. The van der Waals surface area contributed by atoms with E-state index >= 15 is 0 Å². The molecule has 4 rings (SSSR count). The minimum atomic E-state index is -0.138. The molecule has 3 heterocycles. The Labute approximate surface area is 159 Å². The van der Waals surface area contributed by atoms with E-state index in [1.54, 1.807) is 26.8 Å². The van der Waals surface area contributed by atoms with Crippen LogP contribution in [0.3, 0.4) is 0 Å². The molecule has 1 aromatic rings. The van der Waals surface area contributed by atoms with Gasteiger partial charge in [0.1, 0.15) is 0 Å². The van der Waals surface area contributed by atoms with Gasteiger partial charge in [-0.2, -0.15) is 0 Å². The van der Waals surface area contributed by atoms with E-state index < -0.39 is 0 Å². The molecule has 0 atom stereocenters. The third-order valence-corrected chi connectivity index (χ3v) is 6.30. The monoisotopic (exact) mass is 373 g/mol. The molecule has 7 nitrogen and oxygen atoms in total. The summed E-state index contributed by atoms with van der Waals surface area (Å²) in [5, 5.41) is 0. The molecule has 1 spiro atoms. The Kier molecular flexibility index (Phi) is 4.93. The largest absolute Gasteiger partial charge is 0.459 e. The lowest BCUT2D eigenvalue weighted by Crippen LogP contribution is -2.52. The van der Waals surface area contributed by atoms with Gasteiger partial charge in [-0.3, -0.25) is 14.4 Å². The standard InChI is InChI=1S/C20H27N3O4/c24-17-13-20(6-2-1-3-7-20)15-23(17)14-18(25)21-8-10-22(11-9-21)19(26)16-5-4-12-27-16/h4-5,12H,1-3,6-11,13-15H2. The minimum absolute atomic E-state index is 0.0127. The van der Waals surface area contributed by atoms with Crippen molar-refractivity contribution in [1.82, 2.24) is 14.7 Å². The molecule has 0 unspecified atom stereocenters. The predicted octanol–water partition coefficient (Wildman–Crippen LogP) is 1.75. The average Bonchev–Trinajstić information content (AvgIpc) is 3.31. The second-order valence-electron chi connectivity index (χ2n) is 8.14. The maximum Gasteiger partial charge on any atom is 0.289 e. The molecule has 0 bridgehead atoms. The number of rotatable bonds is 3. The first-order chi connectivity index (χ1) is 13.1. The SMILES string of the molecule is O=C(CN1CC2(CCCCC2)CC1=O)N1CCN(C(=O)c2ccco2)CC1. The number of hydrogen-bond acceptors (Lipinski definition) is 4. The molecule has 0 aromatic carbocycles. The Morgan fingerprint density at radius 2 is 1.74 bits per heavy atom. The van der Waals surface area contributed by atoms with Gasteiger partial charge in [0.2, 0.25) is 11.8 Å². The highest BCUT2D eigenvalue weighted by Gasteiger charge is 2.44. The summed E-state index contributed by atoms with van der Waals surface area (Å²) in [4.78, 5) is 42.7. The fraction of sp³-hybridized carbons (Fsp3) is 0.650. The molecule has 1 aliphatic carbocycles. The first-order valence-corrected chi connectivity index (χ1v) is 9.95. The zero-order valence-electron chi connectivity index (χ0n) is 15.7. The third-order valence-electron chi connectivity index (χ3n) is 6.30. The van der Waals surface area contributed by atoms with Crippen LogP contribution in [-0.2, 0) is 9.59 Å². The van der Waals surface area contributed by atoms with Crippen LogP contribution in [0.15, 0.2) is 22.8 Å². The number of amides is 3. The van der Waals surface area contributed by atoms with Gasteiger partial charge in [-0.15, -0.1) is 0 Å². The average molecular weight is 373 g/mol. The maximum atomic E-state index is 12.7. The van der Waals surface area contributed by atoms with Crippen molar-refractivity contribution in [2.75, 3.05) is 39.3 Å². The second-order valence-corrected chi connectivity index (χ2v) is 8.14. The van der Waals surface area contributed by atoms with Crippen molar-refractivity contribution in [2.24, 2.45) is 5.41 Å². The summed E-state index contributed by atoms with van der Waals surface area (Å²) in [5.74, 6) is 0.300. The fourth-order valence-electron chi connectivity index (χ4n) is 4.74. The molecule has 0 N–H and O–H groups in total. The van der Waals surface area contributed by atoms with E-state index in [0.29, 0.717) is 38.4 Å². The third kappa shape index (κ3) is 3.73. The summed E-state index contributed by atoms with van der Waals surface area (Å²) in [6.07, 6.45) is 7.95. The van der Waals surface area contributed by atoms with Crippen molar-refractivity contribution in [1.29, 1.82) is 0 Å². The normalized spacial score (nSPS) is 22.5. The molecule has 3 aliphatic rings. The first-order valence-electron chi connectivity index (χ1n) is 9.95. The van der Waals surface area contributed by atoms with Gasteiger partial charge in [0.15, 0.2) is 5.76 Å². The van der Waals surface area contributed by atoms with E-state index in [9.17, 15) is 14.4 Å². The van der Waals surface area contributed by atoms with Crippen molar-refractivity contribution in [3.63, 3.8) is 0 Å². The number of carbonyl (C=O) groups excluding carboxylic acids is 3. The van der Waals surface area contributed by atoms with Gasteiger partial charge in [-0.25, -0.2) is 0 Å². The number of hydrogen-bond donors (Lipinski definition) is 0. The molecule has 3 fully saturated rings. The Hall–Kier alpha value is -2.31. The highest BCUT2D eigenvalue weighted by atomic mass is 16.3. The lowest BCUT2D eigenvalue weighted by molar-refractivity contribution is -0.139. The molecule has 1 aromatic heterocycles. The number of furan rings is 1. The van der Waals surface area contributed by atoms with Crippen LogP contribution in [-0.4, -0.2) is 71.7 Å². The molecular weight excluding hydrogens is 346 g/mol. The van der Waals surface area contributed by atoms with Gasteiger partial charge in [0, 0.05) is 39.1 Å². The van der Waals surface area contributed by atoms with Gasteiger partial charge in [-0.05, 0) is 30.4 Å². The van der Waals surface area contributed by atoms with Crippen LogP contribution in [0, 0.1) is 5.41 Å². The molecule has 2 aliphatic heterocycles. The van der Waals surface area contributed by atoms with E-state index in [1.807, 2.05) is 0 Å². The van der Waals surface area contributed by atoms with E-state index in [1.165, 1.54) is 25.5 Å². The number of piperazine rings is 1. The van der Waals surface area contributed by atoms with Crippen LogP contribution in [0.2, 0.25) is 0 Å². The summed E-state index contributed by atoms with van der Waals surface area (Å²) in [6, 6.07) is 3.35. The number of carbonyl (C=O) groups is 3. The first kappa shape index (κ1) is 18.1. The summed E-state index contributed by atoms with van der Waals surface area (Å²) in [6.45, 7) is 2.88. The Morgan fingerprint density at radius 1 is 1.04 bits per heavy atom. The molecule has 146 valence electrons. The predicted molar refractivity (Wildman–Crippen MR) is 97.9 cm³/mol. The van der Waals surface area contributed by atoms with Gasteiger partial charge in [0.25, 0.3) is 5.91 Å². The Morgan fingerprint density at radius 3 is 2.41 bits per heavy atom. The highest BCUT2D eigenvalue weighted by Crippen LogP contribution is 2.44. The summed E-state index contributed by atoms with van der Waals surface area (Å²) in [5.41, 5.74) is 0.115. The van der Waals surface area contributed by atoms with E-state index in [4.69, 9.17) is 4.42 Å². The molecule has 1 saturated carbocycles. The molecular formula is C20H27N3O4. The minimum Gasteiger partial charge on any atom is -0.459 e. The van der Waals surface area contributed by atoms with Crippen molar-refractivity contribution in [3.05, 3.63) is 24.2 Å². The lowest BCUT2D eigenvalue weighted by Gasteiger charge is -2.35. The quantitative estimate of drug-likeness (QED) is 0.809. The van der Waals surface area contributed by atoms with Crippen molar-refractivity contribution in [3.8, 4) is 0 Å². The van der Waals surface area contributed by atoms with Crippen molar-refractivity contribution in [2.45, 2.75) is 38.5 Å². The molecule has 7 heteroatoms. The van der Waals surface area contributed by atoms with Crippen molar-refractivity contribution >= 4 is 17.7 Å².